The Balaban J connectivity index is 1.64. The second kappa shape index (κ2) is 8.30. The molecule has 164 valence electrons. The lowest BCUT2D eigenvalue weighted by Crippen LogP contribution is -2.52. The van der Waals surface area contributed by atoms with Crippen molar-refractivity contribution in [2.45, 2.75) is 44.1 Å². The van der Waals surface area contributed by atoms with Gasteiger partial charge < -0.3 is 5.32 Å². The molecule has 2 aromatic rings. The molecule has 2 aliphatic rings. The van der Waals surface area contributed by atoms with Crippen LogP contribution in [0.5, 0.6) is 0 Å². The van der Waals surface area contributed by atoms with Gasteiger partial charge in [-0.2, -0.15) is 13.2 Å². The maximum atomic E-state index is 13.9. The lowest BCUT2D eigenvalue weighted by Gasteiger charge is -2.33. The molecular formula is C22H21F4N3O2. The monoisotopic (exact) mass is 435 g/mol. The first-order chi connectivity index (χ1) is 14.7. The van der Waals surface area contributed by atoms with Gasteiger partial charge in [-0.25, -0.2) is 4.39 Å². The van der Waals surface area contributed by atoms with Crippen molar-refractivity contribution in [1.82, 2.24) is 4.90 Å². The van der Waals surface area contributed by atoms with Crippen LogP contribution in [0.25, 0.3) is 0 Å². The van der Waals surface area contributed by atoms with Gasteiger partial charge in [0.05, 0.1) is 24.3 Å². The number of hydrogen-bond donors (Lipinski definition) is 1. The van der Waals surface area contributed by atoms with Crippen LogP contribution in [0.1, 0.15) is 24.8 Å². The van der Waals surface area contributed by atoms with Crippen molar-refractivity contribution in [2.24, 2.45) is 0 Å². The fourth-order valence-electron chi connectivity index (χ4n) is 3.87. The van der Waals surface area contributed by atoms with E-state index in [1.54, 1.807) is 23.1 Å². The molecule has 0 spiro atoms. The molecule has 0 bridgehead atoms. The summed E-state index contributed by atoms with van der Waals surface area (Å²) in [6.45, 7) is -0.0200. The molecule has 31 heavy (non-hydrogen) atoms. The van der Waals surface area contributed by atoms with Crippen molar-refractivity contribution in [3.05, 3.63) is 59.9 Å². The molecule has 4 rings (SSSR count). The Bertz CT molecular complexity index is 991. The van der Waals surface area contributed by atoms with E-state index in [0.29, 0.717) is 10.5 Å². The van der Waals surface area contributed by atoms with Crippen molar-refractivity contribution >= 4 is 23.2 Å². The summed E-state index contributed by atoms with van der Waals surface area (Å²) in [4.78, 5) is 27.8. The molecule has 0 radical (unpaired) electrons. The molecule has 1 N–H and O–H groups in total. The number of halogens is 4. The van der Waals surface area contributed by atoms with Crippen LogP contribution in [0, 0.1) is 5.82 Å². The number of benzene rings is 2. The van der Waals surface area contributed by atoms with Crippen LogP contribution < -0.4 is 10.2 Å². The number of amides is 2. The van der Waals surface area contributed by atoms with Gasteiger partial charge >= 0.3 is 6.18 Å². The number of carbonyl (C=O) groups excluding carboxylic acids is 2. The maximum Gasteiger partial charge on any atom is 0.409 e. The summed E-state index contributed by atoms with van der Waals surface area (Å²) in [6.07, 6.45) is -4.02. The number of alkyl halides is 3. The Kier molecular flexibility index (Phi) is 5.70. The largest absolute Gasteiger partial charge is 0.409 e. The van der Waals surface area contributed by atoms with Crippen LogP contribution >= 0.6 is 0 Å². The lowest BCUT2D eigenvalue weighted by atomic mass is 10.1. The molecule has 1 atom stereocenters. The number of nitrogens with one attached hydrogen (secondary N) is 1. The van der Waals surface area contributed by atoms with E-state index >= 15 is 0 Å². The van der Waals surface area contributed by atoms with Gasteiger partial charge in [-0.3, -0.25) is 19.4 Å². The summed E-state index contributed by atoms with van der Waals surface area (Å²) in [5.74, 6) is -1.97. The predicted molar refractivity (Wildman–Crippen MR) is 107 cm³/mol. The first-order valence-corrected chi connectivity index (χ1v) is 9.98. The van der Waals surface area contributed by atoms with Gasteiger partial charge in [0, 0.05) is 12.6 Å². The highest BCUT2D eigenvalue weighted by Crippen LogP contribution is 2.38. The minimum absolute atomic E-state index is 0.0159. The summed E-state index contributed by atoms with van der Waals surface area (Å²) < 4.78 is 55.2. The third-order valence-corrected chi connectivity index (χ3v) is 5.45. The van der Waals surface area contributed by atoms with E-state index in [1.165, 1.54) is 30.3 Å². The molecule has 1 heterocycles. The smallest absolute Gasteiger partial charge is 0.324 e. The van der Waals surface area contributed by atoms with Gasteiger partial charge in [0.25, 0.3) is 0 Å². The second-order valence-corrected chi connectivity index (χ2v) is 7.86. The highest BCUT2D eigenvalue weighted by molar-refractivity contribution is 6.05. The van der Waals surface area contributed by atoms with Gasteiger partial charge in [-0.15, -0.1) is 0 Å². The normalized spacial score (nSPS) is 19.1. The Morgan fingerprint density at radius 3 is 2.55 bits per heavy atom. The summed E-state index contributed by atoms with van der Waals surface area (Å²) >= 11 is 0. The van der Waals surface area contributed by atoms with E-state index in [-0.39, 0.29) is 30.5 Å². The first-order valence-electron chi connectivity index (χ1n) is 9.98. The Hall–Kier alpha value is -2.94. The van der Waals surface area contributed by atoms with E-state index in [2.05, 4.69) is 5.32 Å². The molecule has 1 aliphatic heterocycles. The zero-order valence-corrected chi connectivity index (χ0v) is 16.5. The van der Waals surface area contributed by atoms with Crippen LogP contribution in [0.3, 0.4) is 0 Å². The van der Waals surface area contributed by atoms with E-state index in [0.717, 1.165) is 12.8 Å². The minimum Gasteiger partial charge on any atom is -0.324 e. The SMILES string of the molecule is O=C1CC(C(F)(F)F)N(C(=O)CN(Cc2cccc(F)c2)C2CC2)c2ccccc2N1. The molecular weight excluding hydrogens is 414 g/mol. The number of rotatable bonds is 5. The van der Waals surface area contributed by atoms with Crippen molar-refractivity contribution in [3.63, 3.8) is 0 Å². The lowest BCUT2D eigenvalue weighted by molar-refractivity contribution is -0.158. The standard InChI is InChI=1S/C22H21F4N3O2/c23-15-5-3-4-14(10-15)12-28(16-8-9-16)13-21(31)29-18-7-2-1-6-17(18)27-20(30)11-19(29)22(24,25)26/h1-7,10,16,19H,8-9,11-13H2,(H,27,30). The summed E-state index contributed by atoms with van der Waals surface area (Å²) in [5.41, 5.74) is 0.818. The molecule has 1 aliphatic carbocycles. The maximum absolute atomic E-state index is 13.9. The number of carbonyl (C=O) groups is 2. The number of fused-ring (bicyclic) bond motifs is 1. The number of para-hydroxylation sites is 2. The summed E-state index contributed by atoms with van der Waals surface area (Å²) in [5, 5.41) is 2.46. The third kappa shape index (κ3) is 4.87. The van der Waals surface area contributed by atoms with Gasteiger partial charge in [-0.1, -0.05) is 24.3 Å². The fraction of sp³-hybridized carbons (Fsp3) is 0.364. The molecule has 0 saturated heterocycles. The zero-order valence-electron chi connectivity index (χ0n) is 16.5. The van der Waals surface area contributed by atoms with Crippen LogP contribution in [-0.4, -0.2) is 41.5 Å². The minimum atomic E-state index is -4.78. The molecule has 0 aromatic heterocycles. The Morgan fingerprint density at radius 2 is 1.87 bits per heavy atom. The van der Waals surface area contributed by atoms with E-state index in [9.17, 15) is 27.2 Å². The zero-order chi connectivity index (χ0) is 22.2. The van der Waals surface area contributed by atoms with Crippen LogP contribution in [0.2, 0.25) is 0 Å². The molecule has 5 nitrogen and oxygen atoms in total. The van der Waals surface area contributed by atoms with Crippen molar-refractivity contribution in [3.8, 4) is 0 Å². The number of anilines is 2. The average molecular weight is 435 g/mol. The molecule has 9 heteroatoms. The molecule has 2 aromatic carbocycles. The number of hydrogen-bond acceptors (Lipinski definition) is 3. The topological polar surface area (TPSA) is 52.7 Å². The van der Waals surface area contributed by atoms with Crippen molar-refractivity contribution in [1.29, 1.82) is 0 Å². The molecule has 2 amide bonds. The van der Waals surface area contributed by atoms with E-state index < -0.39 is 36.3 Å². The fourth-order valence-corrected chi connectivity index (χ4v) is 3.87. The van der Waals surface area contributed by atoms with Gasteiger partial charge in [0.2, 0.25) is 11.8 Å². The first kappa shape index (κ1) is 21.3. The number of nitrogens with zero attached hydrogens (tertiary/aromatic N) is 2. The van der Waals surface area contributed by atoms with Crippen LogP contribution in [-0.2, 0) is 16.1 Å². The van der Waals surface area contributed by atoms with E-state index in [1.807, 2.05) is 0 Å². The third-order valence-electron chi connectivity index (χ3n) is 5.45. The predicted octanol–water partition coefficient (Wildman–Crippen LogP) is 4.10. The molecule has 1 unspecified atom stereocenters. The van der Waals surface area contributed by atoms with Gasteiger partial charge in [0.1, 0.15) is 11.9 Å². The van der Waals surface area contributed by atoms with Gasteiger partial charge in [0.15, 0.2) is 0 Å². The van der Waals surface area contributed by atoms with Crippen molar-refractivity contribution in [2.75, 3.05) is 16.8 Å². The highest BCUT2D eigenvalue weighted by atomic mass is 19.4. The molecule has 1 fully saturated rings. The highest BCUT2D eigenvalue weighted by Gasteiger charge is 2.49. The second-order valence-electron chi connectivity index (χ2n) is 7.86. The average Bonchev–Trinajstić information content (AvgIpc) is 3.53. The Morgan fingerprint density at radius 1 is 1.13 bits per heavy atom. The quantitative estimate of drug-likeness (QED) is 0.720. The Labute approximate surface area is 176 Å². The summed E-state index contributed by atoms with van der Waals surface area (Å²) in [6, 6.07) is 9.68. The van der Waals surface area contributed by atoms with Crippen molar-refractivity contribution < 1.29 is 27.2 Å². The van der Waals surface area contributed by atoms with Gasteiger partial charge in [-0.05, 0) is 42.7 Å². The molecule has 1 saturated carbocycles. The summed E-state index contributed by atoms with van der Waals surface area (Å²) in [7, 11) is 0. The van der Waals surface area contributed by atoms with Crippen LogP contribution in [0.4, 0.5) is 28.9 Å². The van der Waals surface area contributed by atoms with Crippen LogP contribution in [0.15, 0.2) is 48.5 Å². The van der Waals surface area contributed by atoms with E-state index in [4.69, 9.17) is 0 Å².